The second-order valence-electron chi connectivity index (χ2n) is 8.16. The van der Waals surface area contributed by atoms with Crippen molar-refractivity contribution < 1.29 is 4.79 Å². The molecule has 0 fully saturated rings. The zero-order valence-electron chi connectivity index (χ0n) is 19.3. The van der Waals surface area contributed by atoms with Gasteiger partial charge in [0.2, 0.25) is 0 Å². The smallest absolute Gasteiger partial charge is 0.256 e. The van der Waals surface area contributed by atoms with Crippen LogP contribution in [-0.2, 0) is 6.42 Å². The van der Waals surface area contributed by atoms with E-state index >= 15 is 0 Å². The quantitative estimate of drug-likeness (QED) is 0.262. The van der Waals surface area contributed by atoms with Crippen LogP contribution in [0, 0.1) is 0 Å². The van der Waals surface area contributed by atoms with E-state index in [1.807, 2.05) is 84.9 Å². The number of aromatic nitrogens is 1. The highest BCUT2D eigenvalue weighted by Crippen LogP contribution is 2.27. The minimum Gasteiger partial charge on any atom is -0.322 e. The summed E-state index contributed by atoms with van der Waals surface area (Å²) in [6.45, 7) is 2.13. The van der Waals surface area contributed by atoms with E-state index in [0.717, 1.165) is 34.3 Å². The number of pyridine rings is 1. The average Bonchev–Trinajstić information content (AvgIpc) is 2.92. The van der Waals surface area contributed by atoms with E-state index < -0.39 is 0 Å². The van der Waals surface area contributed by atoms with Gasteiger partial charge in [-0.1, -0.05) is 67.6 Å². The topological polar surface area (TPSA) is 66.7 Å². The van der Waals surface area contributed by atoms with Crippen LogP contribution >= 0.6 is 0 Å². The van der Waals surface area contributed by atoms with Crippen molar-refractivity contribution in [2.75, 3.05) is 5.32 Å². The van der Waals surface area contributed by atoms with Crippen LogP contribution in [0.1, 0.15) is 22.8 Å². The molecule has 0 radical (unpaired) electrons. The summed E-state index contributed by atoms with van der Waals surface area (Å²) in [6, 6.07) is 34.7. The largest absolute Gasteiger partial charge is 0.322 e. The van der Waals surface area contributed by atoms with Crippen molar-refractivity contribution in [3.63, 3.8) is 0 Å². The molecule has 5 nitrogen and oxygen atoms in total. The molecule has 5 aromatic rings. The number of aryl methyl sites for hydroxylation is 1. The highest BCUT2D eigenvalue weighted by atomic mass is 16.1. The zero-order chi connectivity index (χ0) is 24.0. The first-order valence-electron chi connectivity index (χ1n) is 11.6. The third kappa shape index (κ3) is 5.14. The van der Waals surface area contributed by atoms with E-state index in [1.165, 1.54) is 5.56 Å². The van der Waals surface area contributed by atoms with Gasteiger partial charge in [0.25, 0.3) is 5.91 Å². The lowest BCUT2D eigenvalue weighted by molar-refractivity contribution is 0.102. The van der Waals surface area contributed by atoms with Gasteiger partial charge in [0.15, 0.2) is 0 Å². The number of carbonyl (C=O) groups is 1. The number of anilines is 1. The maximum atomic E-state index is 13.3. The number of fused-ring (bicyclic) bond motifs is 1. The fourth-order valence-corrected chi connectivity index (χ4v) is 3.84. The number of benzene rings is 4. The summed E-state index contributed by atoms with van der Waals surface area (Å²) in [5.74, 6) is -0.186. The third-order valence-corrected chi connectivity index (χ3v) is 5.78. The molecular formula is C30H24N4O. The average molecular weight is 457 g/mol. The van der Waals surface area contributed by atoms with Crippen molar-refractivity contribution in [1.82, 2.24) is 4.98 Å². The van der Waals surface area contributed by atoms with Gasteiger partial charge in [-0.2, -0.15) is 10.2 Å². The van der Waals surface area contributed by atoms with Gasteiger partial charge in [-0.15, -0.1) is 0 Å². The highest BCUT2D eigenvalue weighted by molar-refractivity contribution is 6.13. The predicted molar refractivity (Wildman–Crippen MR) is 142 cm³/mol. The summed E-state index contributed by atoms with van der Waals surface area (Å²) in [7, 11) is 0. The van der Waals surface area contributed by atoms with Crippen LogP contribution in [0.25, 0.3) is 22.2 Å². The summed E-state index contributed by atoms with van der Waals surface area (Å²) in [6.07, 6.45) is 0.978. The van der Waals surface area contributed by atoms with Crippen LogP contribution in [-0.4, -0.2) is 10.9 Å². The second kappa shape index (κ2) is 10.1. The van der Waals surface area contributed by atoms with Crippen molar-refractivity contribution in [3.05, 3.63) is 120 Å². The molecule has 1 heterocycles. The Balaban J connectivity index is 1.40. The Morgan fingerprint density at radius 3 is 2.14 bits per heavy atom. The first kappa shape index (κ1) is 22.2. The molecule has 1 N–H and O–H groups in total. The fraction of sp³-hybridized carbons (Fsp3) is 0.0667. The Hall–Kier alpha value is -4.64. The van der Waals surface area contributed by atoms with Gasteiger partial charge in [0, 0.05) is 16.6 Å². The first-order chi connectivity index (χ1) is 17.2. The number of nitrogens with one attached hydrogen (secondary N) is 1. The van der Waals surface area contributed by atoms with Crippen LogP contribution in [0.4, 0.5) is 17.1 Å². The molecule has 0 spiro atoms. The first-order valence-corrected chi connectivity index (χ1v) is 11.6. The Labute approximate surface area is 204 Å². The number of amides is 1. The minimum atomic E-state index is -0.186. The normalized spacial score (nSPS) is 11.1. The number of rotatable bonds is 6. The molecule has 35 heavy (non-hydrogen) atoms. The molecule has 0 saturated heterocycles. The number of hydrogen-bond acceptors (Lipinski definition) is 4. The maximum absolute atomic E-state index is 13.3. The number of nitrogens with zero attached hydrogens (tertiary/aromatic N) is 3. The number of carbonyl (C=O) groups excluding carboxylic acids is 1. The maximum Gasteiger partial charge on any atom is 0.256 e. The molecule has 0 aliphatic rings. The van der Waals surface area contributed by atoms with Crippen molar-refractivity contribution in [3.8, 4) is 11.3 Å². The van der Waals surface area contributed by atoms with Gasteiger partial charge < -0.3 is 5.32 Å². The standard InChI is InChI=1S/C30H24N4O/c1-2-21-12-14-22(15-13-21)29-20-27(26-10-6-7-11-28(26)32-29)30(35)31-23-16-18-25(19-17-23)34-33-24-8-4-3-5-9-24/h3-20H,2H2,1H3,(H,31,35). The summed E-state index contributed by atoms with van der Waals surface area (Å²) in [5.41, 5.74) is 6.56. The van der Waals surface area contributed by atoms with Crippen molar-refractivity contribution >= 4 is 33.9 Å². The third-order valence-electron chi connectivity index (χ3n) is 5.78. The van der Waals surface area contributed by atoms with Gasteiger partial charge in [-0.3, -0.25) is 4.79 Å². The summed E-state index contributed by atoms with van der Waals surface area (Å²) >= 11 is 0. The molecule has 0 aliphatic heterocycles. The van der Waals surface area contributed by atoms with E-state index in [1.54, 1.807) is 0 Å². The summed E-state index contributed by atoms with van der Waals surface area (Å²) in [5, 5.41) is 12.3. The monoisotopic (exact) mass is 456 g/mol. The van der Waals surface area contributed by atoms with Crippen LogP contribution in [0.3, 0.4) is 0 Å². The molecular weight excluding hydrogens is 432 g/mol. The lowest BCUT2D eigenvalue weighted by atomic mass is 10.0. The Bertz CT molecular complexity index is 1490. The van der Waals surface area contributed by atoms with Gasteiger partial charge in [0.1, 0.15) is 0 Å². The van der Waals surface area contributed by atoms with E-state index in [-0.39, 0.29) is 5.91 Å². The molecule has 4 aromatic carbocycles. The van der Waals surface area contributed by atoms with Crippen molar-refractivity contribution in [2.24, 2.45) is 10.2 Å². The van der Waals surface area contributed by atoms with Crippen LogP contribution in [0.5, 0.6) is 0 Å². The molecule has 5 rings (SSSR count). The Morgan fingerprint density at radius 1 is 0.771 bits per heavy atom. The van der Waals surface area contributed by atoms with E-state index in [9.17, 15) is 4.79 Å². The number of azo groups is 1. The Morgan fingerprint density at radius 2 is 1.43 bits per heavy atom. The summed E-state index contributed by atoms with van der Waals surface area (Å²) < 4.78 is 0. The second-order valence-corrected chi connectivity index (χ2v) is 8.16. The molecule has 1 amide bonds. The van der Waals surface area contributed by atoms with E-state index in [4.69, 9.17) is 4.98 Å². The molecule has 0 atom stereocenters. The van der Waals surface area contributed by atoms with E-state index in [2.05, 4.69) is 46.7 Å². The lowest BCUT2D eigenvalue weighted by Gasteiger charge is -2.11. The molecule has 170 valence electrons. The Kier molecular flexibility index (Phi) is 6.39. The van der Waals surface area contributed by atoms with E-state index in [0.29, 0.717) is 16.9 Å². The molecule has 1 aromatic heterocycles. The number of hydrogen-bond donors (Lipinski definition) is 1. The van der Waals surface area contributed by atoms with Crippen molar-refractivity contribution in [1.29, 1.82) is 0 Å². The van der Waals surface area contributed by atoms with Crippen LogP contribution in [0.2, 0.25) is 0 Å². The molecule has 0 aliphatic carbocycles. The molecule has 0 bridgehead atoms. The van der Waals surface area contributed by atoms with Gasteiger partial charge in [-0.05, 0) is 60.5 Å². The SMILES string of the molecule is CCc1ccc(-c2cc(C(=O)Nc3ccc(N=Nc4ccccc4)cc3)c3ccccc3n2)cc1. The predicted octanol–water partition coefficient (Wildman–Crippen LogP) is 8.13. The van der Waals surface area contributed by atoms with Crippen molar-refractivity contribution in [2.45, 2.75) is 13.3 Å². The fourth-order valence-electron chi connectivity index (χ4n) is 3.84. The van der Waals surface area contributed by atoms with Crippen LogP contribution < -0.4 is 5.32 Å². The zero-order valence-corrected chi connectivity index (χ0v) is 19.3. The van der Waals surface area contributed by atoms with Gasteiger partial charge in [0.05, 0.1) is 28.1 Å². The lowest BCUT2D eigenvalue weighted by Crippen LogP contribution is -2.13. The molecule has 5 heteroatoms. The van der Waals surface area contributed by atoms with Gasteiger partial charge in [-0.25, -0.2) is 4.98 Å². The molecule has 0 saturated carbocycles. The highest BCUT2D eigenvalue weighted by Gasteiger charge is 2.14. The summed E-state index contributed by atoms with van der Waals surface area (Å²) in [4.78, 5) is 18.1. The molecule has 0 unspecified atom stereocenters. The van der Waals surface area contributed by atoms with Crippen LogP contribution in [0.15, 0.2) is 119 Å². The minimum absolute atomic E-state index is 0.186. The number of para-hydroxylation sites is 1. The van der Waals surface area contributed by atoms with Gasteiger partial charge >= 0.3 is 0 Å².